The van der Waals surface area contributed by atoms with Crippen LogP contribution in [0.1, 0.15) is 0 Å². The largest absolute Gasteiger partial charge is 0.291 e. The van der Waals surface area contributed by atoms with Gasteiger partial charge >= 0.3 is 0 Å². The fourth-order valence-corrected chi connectivity index (χ4v) is 2.15. The molecule has 0 amide bonds. The maximum Gasteiger partial charge on any atom is 0.156 e. The van der Waals surface area contributed by atoms with E-state index in [2.05, 4.69) is 32.6 Å². The lowest BCUT2D eigenvalue weighted by molar-refractivity contribution is 0.628. The van der Waals surface area contributed by atoms with E-state index in [1.54, 1.807) is 24.5 Å². The molecule has 3 aromatic rings. The van der Waals surface area contributed by atoms with Crippen LogP contribution < -0.4 is 0 Å². The summed E-state index contributed by atoms with van der Waals surface area (Å²) in [7, 11) is 0. The number of hydrogen-bond donors (Lipinski definition) is 0. The molecule has 0 aliphatic carbocycles. The smallest absolute Gasteiger partial charge is 0.156 e. The van der Waals surface area contributed by atoms with Gasteiger partial charge in [0.25, 0.3) is 0 Å². The van der Waals surface area contributed by atoms with Gasteiger partial charge in [0.05, 0.1) is 18.1 Å². The van der Waals surface area contributed by atoms with Gasteiger partial charge in [-0.1, -0.05) is 0 Å². The first-order valence-corrected chi connectivity index (χ1v) is 6.06. The second kappa shape index (κ2) is 4.06. The second-order valence-electron chi connectivity index (χ2n) is 3.59. The van der Waals surface area contributed by atoms with Gasteiger partial charge in [-0.15, -0.1) is 0 Å². The van der Waals surface area contributed by atoms with Gasteiger partial charge in [0, 0.05) is 11.8 Å². The standard InChI is InChI=1S/C12H7FIN3/c13-9-3-1-8(2-4-9)10-7-17-11(14)5-16-12(17)6-15-10/h1-7H. The van der Waals surface area contributed by atoms with Crippen LogP contribution in [0.25, 0.3) is 16.9 Å². The van der Waals surface area contributed by atoms with Gasteiger partial charge in [0.2, 0.25) is 0 Å². The van der Waals surface area contributed by atoms with E-state index in [1.165, 1.54) is 12.1 Å². The van der Waals surface area contributed by atoms with Crippen molar-refractivity contribution in [2.75, 3.05) is 0 Å². The van der Waals surface area contributed by atoms with Crippen LogP contribution in [-0.2, 0) is 0 Å². The second-order valence-corrected chi connectivity index (χ2v) is 4.69. The highest BCUT2D eigenvalue weighted by molar-refractivity contribution is 14.1. The van der Waals surface area contributed by atoms with Gasteiger partial charge in [-0.25, -0.2) is 9.37 Å². The summed E-state index contributed by atoms with van der Waals surface area (Å²) in [5.41, 5.74) is 2.49. The minimum atomic E-state index is -0.243. The van der Waals surface area contributed by atoms with E-state index in [0.29, 0.717) is 0 Å². The molecular formula is C12H7FIN3. The number of aromatic nitrogens is 3. The van der Waals surface area contributed by atoms with Crippen LogP contribution in [0.5, 0.6) is 0 Å². The number of fused-ring (bicyclic) bond motifs is 1. The number of benzene rings is 1. The summed E-state index contributed by atoms with van der Waals surface area (Å²) in [6.45, 7) is 0. The number of nitrogens with zero attached hydrogens (tertiary/aromatic N) is 3. The predicted octanol–water partition coefficient (Wildman–Crippen LogP) is 3.14. The Morgan fingerprint density at radius 2 is 1.82 bits per heavy atom. The molecule has 5 heteroatoms. The third-order valence-corrected chi connectivity index (χ3v) is 3.29. The van der Waals surface area contributed by atoms with Gasteiger partial charge in [-0.3, -0.25) is 9.38 Å². The van der Waals surface area contributed by atoms with Gasteiger partial charge in [-0.05, 0) is 46.9 Å². The zero-order valence-corrected chi connectivity index (χ0v) is 10.8. The van der Waals surface area contributed by atoms with Crippen LogP contribution in [0.4, 0.5) is 4.39 Å². The van der Waals surface area contributed by atoms with Gasteiger partial charge < -0.3 is 0 Å². The van der Waals surface area contributed by atoms with Crippen molar-refractivity contribution in [2.24, 2.45) is 0 Å². The zero-order chi connectivity index (χ0) is 11.8. The molecule has 17 heavy (non-hydrogen) atoms. The lowest BCUT2D eigenvalue weighted by Crippen LogP contribution is -1.92. The summed E-state index contributed by atoms with van der Waals surface area (Å²) in [5.74, 6) is -0.243. The molecule has 0 aliphatic heterocycles. The van der Waals surface area contributed by atoms with E-state index in [1.807, 2.05) is 10.6 Å². The molecule has 0 unspecified atom stereocenters. The average molecular weight is 339 g/mol. The summed E-state index contributed by atoms with van der Waals surface area (Å²) in [6, 6.07) is 6.29. The van der Waals surface area contributed by atoms with Crippen molar-refractivity contribution in [1.82, 2.24) is 14.4 Å². The highest BCUT2D eigenvalue weighted by Gasteiger charge is 2.04. The Kier molecular flexibility index (Phi) is 2.54. The Hall–Kier alpha value is -1.50. The molecular weight excluding hydrogens is 332 g/mol. The summed E-state index contributed by atoms with van der Waals surface area (Å²) in [6.07, 6.45) is 5.39. The first-order valence-electron chi connectivity index (χ1n) is 4.98. The average Bonchev–Trinajstić information content (AvgIpc) is 2.72. The molecule has 3 nitrogen and oxygen atoms in total. The van der Waals surface area contributed by atoms with Gasteiger partial charge in [-0.2, -0.15) is 0 Å². The minimum Gasteiger partial charge on any atom is -0.291 e. The van der Waals surface area contributed by atoms with Gasteiger partial charge in [0.15, 0.2) is 5.65 Å². The molecule has 2 heterocycles. The van der Waals surface area contributed by atoms with Crippen molar-refractivity contribution in [2.45, 2.75) is 0 Å². The van der Waals surface area contributed by atoms with Crippen molar-refractivity contribution in [1.29, 1.82) is 0 Å². The summed E-state index contributed by atoms with van der Waals surface area (Å²) >= 11 is 2.21. The fourth-order valence-electron chi connectivity index (χ4n) is 1.63. The lowest BCUT2D eigenvalue weighted by Gasteiger charge is -2.02. The normalized spacial score (nSPS) is 10.9. The van der Waals surface area contributed by atoms with E-state index < -0.39 is 0 Å². The molecule has 0 bridgehead atoms. The van der Waals surface area contributed by atoms with Crippen molar-refractivity contribution >= 4 is 28.2 Å². The molecule has 0 saturated carbocycles. The van der Waals surface area contributed by atoms with E-state index in [0.717, 1.165) is 20.6 Å². The highest BCUT2D eigenvalue weighted by Crippen LogP contribution is 2.18. The summed E-state index contributed by atoms with van der Waals surface area (Å²) in [4.78, 5) is 8.51. The summed E-state index contributed by atoms with van der Waals surface area (Å²) in [5, 5.41) is 0. The molecule has 0 spiro atoms. The molecule has 0 radical (unpaired) electrons. The van der Waals surface area contributed by atoms with E-state index in [9.17, 15) is 4.39 Å². The first-order chi connectivity index (χ1) is 8.24. The quantitative estimate of drug-likeness (QED) is 0.638. The van der Waals surface area contributed by atoms with E-state index in [4.69, 9.17) is 0 Å². The van der Waals surface area contributed by atoms with Crippen LogP contribution in [0.2, 0.25) is 0 Å². The molecule has 0 saturated heterocycles. The maximum atomic E-state index is 12.8. The Labute approximate surface area is 110 Å². The molecule has 84 valence electrons. The monoisotopic (exact) mass is 339 g/mol. The van der Waals surface area contributed by atoms with Crippen LogP contribution in [-0.4, -0.2) is 14.4 Å². The molecule has 0 fully saturated rings. The minimum absolute atomic E-state index is 0.243. The topological polar surface area (TPSA) is 30.2 Å². The van der Waals surface area contributed by atoms with Crippen molar-refractivity contribution in [3.63, 3.8) is 0 Å². The Morgan fingerprint density at radius 3 is 2.59 bits per heavy atom. The first kappa shape index (κ1) is 10.6. The van der Waals surface area contributed by atoms with E-state index >= 15 is 0 Å². The molecule has 1 aromatic carbocycles. The Morgan fingerprint density at radius 1 is 1.06 bits per heavy atom. The molecule has 0 N–H and O–H groups in total. The number of hydrogen-bond acceptors (Lipinski definition) is 2. The molecule has 0 aliphatic rings. The summed E-state index contributed by atoms with van der Waals surface area (Å²) < 4.78 is 15.8. The SMILES string of the molecule is Fc1ccc(-c2cn3c(I)cnc3cn2)cc1. The number of rotatable bonds is 1. The molecule has 0 atom stereocenters. The highest BCUT2D eigenvalue weighted by atomic mass is 127. The van der Waals surface area contributed by atoms with Crippen LogP contribution in [0.15, 0.2) is 42.9 Å². The number of halogens is 2. The predicted molar refractivity (Wildman–Crippen MR) is 71.1 cm³/mol. The zero-order valence-electron chi connectivity index (χ0n) is 8.64. The van der Waals surface area contributed by atoms with Crippen LogP contribution >= 0.6 is 22.6 Å². The van der Waals surface area contributed by atoms with Crippen molar-refractivity contribution in [3.8, 4) is 11.3 Å². The van der Waals surface area contributed by atoms with Crippen LogP contribution in [0.3, 0.4) is 0 Å². The fraction of sp³-hybridized carbons (Fsp3) is 0. The lowest BCUT2D eigenvalue weighted by atomic mass is 10.1. The number of imidazole rings is 1. The third kappa shape index (κ3) is 1.90. The van der Waals surface area contributed by atoms with E-state index in [-0.39, 0.29) is 5.82 Å². The van der Waals surface area contributed by atoms with Crippen molar-refractivity contribution < 1.29 is 4.39 Å². The van der Waals surface area contributed by atoms with Crippen molar-refractivity contribution in [3.05, 3.63) is 52.4 Å². The Bertz CT molecular complexity index is 676. The molecule has 3 rings (SSSR count). The Balaban J connectivity index is 2.17. The van der Waals surface area contributed by atoms with Crippen LogP contribution in [0, 0.1) is 9.52 Å². The molecule has 2 aromatic heterocycles. The maximum absolute atomic E-state index is 12.8. The third-order valence-electron chi connectivity index (χ3n) is 2.49. The van der Waals surface area contributed by atoms with Gasteiger partial charge in [0.1, 0.15) is 9.52 Å².